The van der Waals surface area contributed by atoms with Crippen molar-refractivity contribution in [2.24, 2.45) is 5.84 Å². The minimum absolute atomic E-state index is 0.403. The molecule has 2 aromatic rings. The Kier molecular flexibility index (Phi) is 7.56. The first-order chi connectivity index (χ1) is 10.9. The van der Waals surface area contributed by atoms with Crippen LogP contribution in [0.5, 0.6) is 0 Å². The Morgan fingerprint density at radius 1 is 1.22 bits per heavy atom. The first kappa shape index (κ1) is 19.0. The first-order valence-corrected chi connectivity index (χ1v) is 7.57. The van der Waals surface area contributed by atoms with Crippen molar-refractivity contribution < 1.29 is 18.0 Å². The molecule has 1 heterocycles. The molecular weight excluding hydrogens is 327 g/mol. The number of thioether (sulfide) groups is 1. The monoisotopic (exact) mass is 343 g/mol. The summed E-state index contributed by atoms with van der Waals surface area (Å²) in [5.74, 6) is 5.37. The van der Waals surface area contributed by atoms with E-state index in [0.29, 0.717) is 17.7 Å². The molecule has 0 bridgehead atoms. The average molecular weight is 343 g/mol. The Morgan fingerprint density at radius 3 is 2.22 bits per heavy atom. The minimum Gasteiger partial charge on any atom is -0.297 e. The first-order valence-electron chi connectivity index (χ1n) is 6.58. The van der Waals surface area contributed by atoms with E-state index in [0.717, 1.165) is 22.8 Å². The van der Waals surface area contributed by atoms with Gasteiger partial charge >= 0.3 is 6.18 Å². The molecule has 0 aliphatic heterocycles. The molecule has 1 aromatic heterocycles. The van der Waals surface area contributed by atoms with Crippen LogP contribution in [0.25, 0.3) is 11.3 Å². The summed E-state index contributed by atoms with van der Waals surface area (Å²) in [5.41, 5.74) is 2.46. The molecule has 0 fully saturated rings. The summed E-state index contributed by atoms with van der Waals surface area (Å²) in [5, 5.41) is 0. The minimum atomic E-state index is -4.30. The van der Waals surface area contributed by atoms with Crippen molar-refractivity contribution in [3.8, 4) is 11.3 Å². The summed E-state index contributed by atoms with van der Waals surface area (Å²) in [6.45, 7) is 2.05. The predicted octanol–water partition coefficient (Wildman–Crippen LogP) is 3.49. The summed E-state index contributed by atoms with van der Waals surface area (Å²) in [4.78, 5) is 14.2. The lowest BCUT2D eigenvalue weighted by Gasteiger charge is -2.07. The molecule has 8 heteroatoms. The van der Waals surface area contributed by atoms with Gasteiger partial charge in [-0.1, -0.05) is 19.1 Å². The maximum atomic E-state index is 12.4. The van der Waals surface area contributed by atoms with Crippen molar-refractivity contribution >= 4 is 18.2 Å². The van der Waals surface area contributed by atoms with Gasteiger partial charge in [0.15, 0.2) is 0 Å². The van der Waals surface area contributed by atoms with Crippen LogP contribution in [0.3, 0.4) is 0 Å². The number of hydrogen-bond acceptors (Lipinski definition) is 4. The van der Waals surface area contributed by atoms with Crippen LogP contribution in [0.2, 0.25) is 0 Å². The molecule has 1 aromatic carbocycles. The second kappa shape index (κ2) is 9.16. The van der Waals surface area contributed by atoms with Crippen LogP contribution < -0.4 is 11.3 Å². The predicted molar refractivity (Wildman–Crippen MR) is 84.5 cm³/mol. The maximum Gasteiger partial charge on any atom is 0.416 e. The second-order valence-corrected chi connectivity index (χ2v) is 5.51. The molecule has 1 amide bonds. The zero-order chi connectivity index (χ0) is 17.3. The summed E-state index contributed by atoms with van der Waals surface area (Å²) in [7, 11) is 0. The van der Waals surface area contributed by atoms with Crippen molar-refractivity contribution in [2.45, 2.75) is 18.0 Å². The fourth-order valence-electron chi connectivity index (χ4n) is 1.63. The van der Waals surface area contributed by atoms with E-state index < -0.39 is 11.7 Å². The lowest BCUT2D eigenvalue weighted by molar-refractivity contribution is -0.137. The van der Waals surface area contributed by atoms with Gasteiger partial charge < -0.3 is 0 Å². The largest absolute Gasteiger partial charge is 0.416 e. The molecule has 0 atom stereocenters. The Morgan fingerprint density at radius 2 is 1.83 bits per heavy atom. The van der Waals surface area contributed by atoms with Crippen LogP contribution in [0.15, 0.2) is 47.5 Å². The third-order valence-corrected chi connectivity index (χ3v) is 3.49. The van der Waals surface area contributed by atoms with Crippen LogP contribution >= 0.6 is 11.8 Å². The number of rotatable bonds is 4. The third kappa shape index (κ3) is 6.29. The molecule has 124 valence electrons. The van der Waals surface area contributed by atoms with Crippen LogP contribution in [-0.2, 0) is 11.0 Å². The molecule has 4 nitrogen and oxygen atoms in total. The highest BCUT2D eigenvalue weighted by Crippen LogP contribution is 2.30. The Balaban J connectivity index is 0.000000593. The standard InChI is InChI=1S/C14H12F3NS.CH4N2O/c1-2-19-12-7-8-13(18-9-12)10-3-5-11(6-4-10)14(15,16)17;2-3-1-4/h3-9H,2H2,1H3;1H,2H2,(H,3,4). The van der Waals surface area contributed by atoms with Gasteiger partial charge in [0.2, 0.25) is 6.41 Å². The Hall–Kier alpha value is -2.06. The molecule has 0 saturated carbocycles. The number of amides is 1. The van der Waals surface area contributed by atoms with Gasteiger partial charge in [0, 0.05) is 16.7 Å². The lowest BCUT2D eigenvalue weighted by atomic mass is 10.1. The zero-order valence-corrected chi connectivity index (χ0v) is 13.1. The van der Waals surface area contributed by atoms with Crippen molar-refractivity contribution in [1.82, 2.24) is 10.4 Å². The zero-order valence-electron chi connectivity index (χ0n) is 12.3. The summed E-state index contributed by atoms with van der Waals surface area (Å²) >= 11 is 1.67. The summed E-state index contributed by atoms with van der Waals surface area (Å²) in [6.07, 6.45) is -2.16. The second-order valence-electron chi connectivity index (χ2n) is 4.17. The molecular formula is C15H16F3N3OS. The molecule has 23 heavy (non-hydrogen) atoms. The molecule has 0 aliphatic rings. The fraction of sp³-hybridized carbons (Fsp3) is 0.200. The number of nitrogens with one attached hydrogen (secondary N) is 1. The molecule has 0 spiro atoms. The van der Waals surface area contributed by atoms with E-state index in [1.807, 2.05) is 12.1 Å². The van der Waals surface area contributed by atoms with E-state index in [1.165, 1.54) is 12.1 Å². The van der Waals surface area contributed by atoms with Gasteiger partial charge in [0.05, 0.1) is 11.3 Å². The van der Waals surface area contributed by atoms with E-state index in [4.69, 9.17) is 4.79 Å². The molecule has 2 rings (SSSR count). The highest BCUT2D eigenvalue weighted by molar-refractivity contribution is 7.99. The molecule has 0 radical (unpaired) electrons. The van der Waals surface area contributed by atoms with E-state index in [1.54, 1.807) is 23.4 Å². The van der Waals surface area contributed by atoms with Gasteiger partial charge in [-0.25, -0.2) is 5.84 Å². The number of hydrazine groups is 1. The third-order valence-electron chi connectivity index (χ3n) is 2.62. The van der Waals surface area contributed by atoms with Gasteiger partial charge in [0.25, 0.3) is 0 Å². The van der Waals surface area contributed by atoms with Gasteiger partial charge in [-0.3, -0.25) is 15.2 Å². The quantitative estimate of drug-likeness (QED) is 0.293. The van der Waals surface area contributed by atoms with E-state index in [9.17, 15) is 13.2 Å². The van der Waals surface area contributed by atoms with Crippen LogP contribution in [0, 0.1) is 0 Å². The smallest absolute Gasteiger partial charge is 0.297 e. The van der Waals surface area contributed by atoms with Crippen molar-refractivity contribution in [3.63, 3.8) is 0 Å². The lowest BCUT2D eigenvalue weighted by Crippen LogP contribution is -2.18. The van der Waals surface area contributed by atoms with Crippen molar-refractivity contribution in [1.29, 1.82) is 0 Å². The Bertz CT molecular complexity index is 601. The number of alkyl halides is 3. The number of aromatic nitrogens is 1. The van der Waals surface area contributed by atoms with E-state index in [-0.39, 0.29) is 0 Å². The Labute approximate surface area is 136 Å². The molecule has 0 saturated heterocycles. The highest BCUT2D eigenvalue weighted by Gasteiger charge is 2.29. The number of nitrogens with zero attached hydrogens (tertiary/aromatic N) is 1. The average Bonchev–Trinajstić information content (AvgIpc) is 2.55. The number of hydrogen-bond donors (Lipinski definition) is 2. The SMILES string of the molecule is CCSc1ccc(-c2ccc(C(F)(F)F)cc2)nc1.NNC=O. The van der Waals surface area contributed by atoms with Crippen LogP contribution in [0.4, 0.5) is 13.2 Å². The molecule has 3 N–H and O–H groups in total. The maximum absolute atomic E-state index is 12.4. The van der Waals surface area contributed by atoms with Crippen molar-refractivity contribution in [3.05, 3.63) is 48.2 Å². The molecule has 0 aliphatic carbocycles. The number of benzene rings is 1. The number of pyridine rings is 1. The number of halogens is 3. The van der Waals surface area contributed by atoms with E-state index >= 15 is 0 Å². The molecule has 0 unspecified atom stereocenters. The van der Waals surface area contributed by atoms with E-state index in [2.05, 4.69) is 17.8 Å². The normalized spacial score (nSPS) is 10.5. The number of carbonyl (C=O) groups excluding carboxylic acids is 1. The fourth-order valence-corrected chi connectivity index (χ4v) is 2.26. The van der Waals surface area contributed by atoms with Gasteiger partial charge in [-0.15, -0.1) is 11.8 Å². The number of carbonyl (C=O) groups is 1. The number of nitrogens with two attached hydrogens (primary N) is 1. The van der Waals surface area contributed by atoms with Gasteiger partial charge in [0.1, 0.15) is 0 Å². The highest BCUT2D eigenvalue weighted by atomic mass is 32.2. The topological polar surface area (TPSA) is 68.0 Å². The van der Waals surface area contributed by atoms with Gasteiger partial charge in [-0.2, -0.15) is 13.2 Å². The van der Waals surface area contributed by atoms with Crippen molar-refractivity contribution in [2.75, 3.05) is 5.75 Å². The van der Waals surface area contributed by atoms with Gasteiger partial charge in [-0.05, 0) is 30.0 Å². The van der Waals surface area contributed by atoms with Crippen LogP contribution in [0.1, 0.15) is 12.5 Å². The summed E-state index contributed by atoms with van der Waals surface area (Å²) in [6, 6.07) is 8.78. The van der Waals surface area contributed by atoms with Crippen LogP contribution in [-0.4, -0.2) is 17.1 Å². The summed E-state index contributed by atoms with van der Waals surface area (Å²) < 4.78 is 37.3.